The summed E-state index contributed by atoms with van der Waals surface area (Å²) in [5.74, 6) is 0.265. The summed E-state index contributed by atoms with van der Waals surface area (Å²) < 4.78 is 29.7. The summed E-state index contributed by atoms with van der Waals surface area (Å²) in [7, 11) is 1.38. The maximum atomic E-state index is 13.8. The second-order valence-corrected chi connectivity index (χ2v) is 4.32. The molecule has 1 aliphatic heterocycles. The van der Waals surface area contributed by atoms with Gasteiger partial charge >= 0.3 is 0 Å². The number of halogens is 1. The molecule has 0 radical (unpaired) electrons. The summed E-state index contributed by atoms with van der Waals surface area (Å²) in [6.07, 6.45) is 1.17. The van der Waals surface area contributed by atoms with Crippen molar-refractivity contribution in [1.82, 2.24) is 0 Å². The lowest BCUT2D eigenvalue weighted by Gasteiger charge is -2.25. The molecule has 1 aromatic rings. The normalized spacial score (nSPS) is 19.9. The van der Waals surface area contributed by atoms with Crippen LogP contribution in [0.5, 0.6) is 17.2 Å². The average Bonchev–Trinajstić information content (AvgIpc) is 3.06. The molecule has 92 valence electrons. The van der Waals surface area contributed by atoms with E-state index in [-0.39, 0.29) is 5.75 Å². The average molecular weight is 240 g/mol. The first-order valence-corrected chi connectivity index (χ1v) is 5.55. The van der Waals surface area contributed by atoms with E-state index in [9.17, 15) is 9.50 Å². The zero-order valence-corrected chi connectivity index (χ0v) is 9.46. The van der Waals surface area contributed by atoms with Gasteiger partial charge in [-0.25, -0.2) is 4.39 Å². The highest BCUT2D eigenvalue weighted by Gasteiger charge is 2.48. The SMILES string of the molecule is COc1c(F)cc2c(c1C1(O)CC1)OCCO2. The van der Waals surface area contributed by atoms with E-state index in [1.54, 1.807) is 0 Å². The van der Waals surface area contributed by atoms with E-state index in [0.29, 0.717) is 43.1 Å². The first-order valence-electron chi connectivity index (χ1n) is 5.55. The number of fused-ring (bicyclic) bond motifs is 1. The molecule has 0 atom stereocenters. The van der Waals surface area contributed by atoms with Crippen LogP contribution >= 0.6 is 0 Å². The molecule has 1 heterocycles. The molecule has 0 bridgehead atoms. The quantitative estimate of drug-likeness (QED) is 0.852. The highest BCUT2D eigenvalue weighted by Crippen LogP contribution is 2.56. The maximum Gasteiger partial charge on any atom is 0.171 e. The number of benzene rings is 1. The van der Waals surface area contributed by atoms with Gasteiger partial charge in [0.2, 0.25) is 0 Å². The summed E-state index contributed by atoms with van der Waals surface area (Å²) in [6, 6.07) is 1.24. The van der Waals surface area contributed by atoms with E-state index in [4.69, 9.17) is 14.2 Å². The van der Waals surface area contributed by atoms with Crippen molar-refractivity contribution in [3.05, 3.63) is 17.4 Å². The van der Waals surface area contributed by atoms with Gasteiger partial charge in [-0.05, 0) is 12.8 Å². The van der Waals surface area contributed by atoms with Gasteiger partial charge in [-0.15, -0.1) is 0 Å². The van der Waals surface area contributed by atoms with Crippen molar-refractivity contribution in [2.24, 2.45) is 0 Å². The molecule has 4 nitrogen and oxygen atoms in total. The first kappa shape index (κ1) is 10.7. The lowest BCUT2D eigenvalue weighted by atomic mass is 10.0. The fourth-order valence-corrected chi connectivity index (χ4v) is 2.13. The van der Waals surface area contributed by atoms with E-state index in [1.807, 2.05) is 0 Å². The van der Waals surface area contributed by atoms with Gasteiger partial charge in [-0.3, -0.25) is 0 Å². The molecule has 0 spiro atoms. The van der Waals surface area contributed by atoms with Crippen molar-refractivity contribution in [3.63, 3.8) is 0 Å². The van der Waals surface area contributed by atoms with Gasteiger partial charge in [0, 0.05) is 6.07 Å². The van der Waals surface area contributed by atoms with Crippen LogP contribution in [-0.2, 0) is 5.60 Å². The Morgan fingerprint density at radius 2 is 2.06 bits per heavy atom. The standard InChI is InChI=1S/C12H13FO4/c1-15-10-7(13)6-8-11(17-5-4-16-8)9(10)12(14)2-3-12/h6,14H,2-5H2,1H3. The second kappa shape index (κ2) is 3.50. The Bertz CT molecular complexity index is 468. The molecule has 1 aromatic carbocycles. The lowest BCUT2D eigenvalue weighted by Crippen LogP contribution is -2.20. The van der Waals surface area contributed by atoms with Crippen LogP contribution in [0.2, 0.25) is 0 Å². The highest BCUT2D eigenvalue weighted by atomic mass is 19.1. The summed E-state index contributed by atoms with van der Waals surface area (Å²) in [6.45, 7) is 0.779. The van der Waals surface area contributed by atoms with E-state index >= 15 is 0 Å². The molecule has 17 heavy (non-hydrogen) atoms. The molecular formula is C12H13FO4. The number of ether oxygens (including phenoxy) is 3. The van der Waals surface area contributed by atoms with Crippen LogP contribution in [0.15, 0.2) is 6.07 Å². The van der Waals surface area contributed by atoms with E-state index in [0.717, 1.165) is 0 Å². The van der Waals surface area contributed by atoms with Crippen molar-refractivity contribution < 1.29 is 23.7 Å². The fraction of sp³-hybridized carbons (Fsp3) is 0.500. The van der Waals surface area contributed by atoms with Gasteiger partial charge in [0.25, 0.3) is 0 Å². The largest absolute Gasteiger partial charge is 0.493 e. The van der Waals surface area contributed by atoms with Gasteiger partial charge in [0.05, 0.1) is 18.3 Å². The molecule has 0 saturated heterocycles. The minimum Gasteiger partial charge on any atom is -0.493 e. The van der Waals surface area contributed by atoms with Crippen LogP contribution in [0.4, 0.5) is 4.39 Å². The van der Waals surface area contributed by atoms with Gasteiger partial charge < -0.3 is 19.3 Å². The molecule has 0 unspecified atom stereocenters. The Hall–Kier alpha value is -1.49. The highest BCUT2D eigenvalue weighted by molar-refractivity contribution is 5.59. The zero-order valence-electron chi connectivity index (χ0n) is 9.46. The molecule has 0 amide bonds. The van der Waals surface area contributed by atoms with Crippen molar-refractivity contribution >= 4 is 0 Å². The van der Waals surface area contributed by atoms with Crippen LogP contribution in [0.25, 0.3) is 0 Å². The molecule has 1 fully saturated rings. The summed E-state index contributed by atoms with van der Waals surface area (Å²) in [4.78, 5) is 0. The topological polar surface area (TPSA) is 47.9 Å². The lowest BCUT2D eigenvalue weighted by molar-refractivity contribution is 0.125. The zero-order chi connectivity index (χ0) is 12.0. The van der Waals surface area contributed by atoms with Gasteiger partial charge in [0.15, 0.2) is 23.1 Å². The number of hydrogen-bond acceptors (Lipinski definition) is 4. The van der Waals surface area contributed by atoms with E-state index in [2.05, 4.69) is 0 Å². The van der Waals surface area contributed by atoms with Crippen LogP contribution in [0.1, 0.15) is 18.4 Å². The van der Waals surface area contributed by atoms with Crippen molar-refractivity contribution in [2.75, 3.05) is 20.3 Å². The Labute approximate surface area is 97.9 Å². The molecule has 1 aliphatic carbocycles. The van der Waals surface area contributed by atoms with Crippen LogP contribution in [0, 0.1) is 5.82 Å². The summed E-state index contributed by atoms with van der Waals surface area (Å²) in [5, 5.41) is 10.2. The van der Waals surface area contributed by atoms with Crippen molar-refractivity contribution in [1.29, 1.82) is 0 Å². The third kappa shape index (κ3) is 1.53. The predicted molar refractivity (Wildman–Crippen MR) is 57.1 cm³/mol. The molecule has 3 rings (SSSR count). The predicted octanol–water partition coefficient (Wildman–Crippen LogP) is 1.59. The minimum absolute atomic E-state index is 0.0502. The number of methoxy groups -OCH3 is 1. The summed E-state index contributed by atoms with van der Waals surface area (Å²) in [5.41, 5.74) is -0.646. The fourth-order valence-electron chi connectivity index (χ4n) is 2.13. The van der Waals surface area contributed by atoms with Crippen LogP contribution in [-0.4, -0.2) is 25.4 Å². The van der Waals surface area contributed by atoms with Gasteiger partial charge in [0.1, 0.15) is 13.2 Å². The van der Waals surface area contributed by atoms with Crippen LogP contribution < -0.4 is 14.2 Å². The monoisotopic (exact) mass is 240 g/mol. The Morgan fingerprint density at radius 3 is 2.71 bits per heavy atom. The second-order valence-electron chi connectivity index (χ2n) is 4.32. The number of hydrogen-bond donors (Lipinski definition) is 1. The van der Waals surface area contributed by atoms with Crippen molar-refractivity contribution in [2.45, 2.75) is 18.4 Å². The first-order chi connectivity index (χ1) is 8.15. The summed E-state index contributed by atoms with van der Waals surface area (Å²) >= 11 is 0. The van der Waals surface area contributed by atoms with Crippen LogP contribution in [0.3, 0.4) is 0 Å². The molecule has 0 aromatic heterocycles. The van der Waals surface area contributed by atoms with Gasteiger partial charge in [-0.1, -0.05) is 0 Å². The molecule has 1 saturated carbocycles. The Kier molecular flexibility index (Phi) is 2.19. The molecular weight excluding hydrogens is 227 g/mol. The van der Waals surface area contributed by atoms with Crippen molar-refractivity contribution in [3.8, 4) is 17.2 Å². The van der Waals surface area contributed by atoms with Gasteiger partial charge in [-0.2, -0.15) is 0 Å². The van der Waals surface area contributed by atoms with E-state index in [1.165, 1.54) is 13.2 Å². The maximum absolute atomic E-state index is 13.8. The molecule has 1 N–H and O–H groups in total. The Balaban J connectivity index is 2.23. The molecule has 2 aliphatic rings. The number of rotatable bonds is 2. The third-order valence-electron chi connectivity index (χ3n) is 3.13. The van der Waals surface area contributed by atoms with E-state index < -0.39 is 11.4 Å². The smallest absolute Gasteiger partial charge is 0.171 e. The number of aliphatic hydroxyl groups is 1. The Morgan fingerprint density at radius 1 is 1.35 bits per heavy atom. The minimum atomic E-state index is -1.03. The molecule has 5 heteroatoms. The third-order valence-corrected chi connectivity index (χ3v) is 3.13.